The Morgan fingerprint density at radius 3 is 1.21 bits per heavy atom. The summed E-state index contributed by atoms with van der Waals surface area (Å²) in [5, 5.41) is 35.3. The molecule has 0 fully saturated rings. The molecule has 19 heavy (non-hydrogen) atoms. The first-order valence-corrected chi connectivity index (χ1v) is 6.41. The first-order valence-electron chi connectivity index (χ1n) is 6.41. The highest BCUT2D eigenvalue weighted by Crippen LogP contribution is 2.24. The molecule has 0 heterocycles. The zero-order valence-electron chi connectivity index (χ0n) is 11.3. The molecule has 0 amide bonds. The molecule has 0 atom stereocenters. The van der Waals surface area contributed by atoms with E-state index in [9.17, 15) is 0 Å². The molecule has 116 valence electrons. The maximum Gasteiger partial charge on any atom is 0.0698 e. The molecule has 7 heteroatoms. The van der Waals surface area contributed by atoms with Gasteiger partial charge in [-0.05, 0) is 6.42 Å². The summed E-state index contributed by atoms with van der Waals surface area (Å²) >= 11 is 0. The number of ether oxygens (including phenoxy) is 3. The van der Waals surface area contributed by atoms with E-state index in [4.69, 9.17) is 34.6 Å². The minimum atomic E-state index is -0.547. The summed E-state index contributed by atoms with van der Waals surface area (Å²) in [4.78, 5) is 0. The quantitative estimate of drug-likeness (QED) is 0.284. The van der Waals surface area contributed by atoms with E-state index in [0.29, 0.717) is 6.42 Å². The predicted octanol–water partition coefficient (Wildman–Crippen LogP) is -1.62. The molecule has 0 rings (SSSR count). The van der Waals surface area contributed by atoms with E-state index in [2.05, 4.69) is 0 Å². The molecule has 0 saturated carbocycles. The van der Waals surface area contributed by atoms with Gasteiger partial charge in [-0.1, -0.05) is 0 Å². The van der Waals surface area contributed by atoms with Crippen LogP contribution in [0.15, 0.2) is 0 Å². The van der Waals surface area contributed by atoms with Crippen molar-refractivity contribution >= 4 is 0 Å². The maximum atomic E-state index is 9.16. The van der Waals surface area contributed by atoms with Gasteiger partial charge < -0.3 is 34.6 Å². The molecule has 0 aliphatic heterocycles. The minimum absolute atomic E-state index is 0.0482. The molecule has 0 spiro atoms. The van der Waals surface area contributed by atoms with Gasteiger partial charge in [0, 0.05) is 12.0 Å². The first-order chi connectivity index (χ1) is 9.24. The van der Waals surface area contributed by atoms with Gasteiger partial charge in [0.15, 0.2) is 0 Å². The molecule has 0 radical (unpaired) electrons. The van der Waals surface area contributed by atoms with Crippen molar-refractivity contribution in [1.82, 2.24) is 0 Å². The summed E-state index contributed by atoms with van der Waals surface area (Å²) in [7, 11) is 0. The SMILES string of the molecule is OCCOCC(CCO)(COCCO)COCCO. The molecule has 0 aliphatic carbocycles. The lowest BCUT2D eigenvalue weighted by Crippen LogP contribution is -2.39. The number of aliphatic hydroxyl groups is 4. The Kier molecular flexibility index (Phi) is 12.6. The minimum Gasteiger partial charge on any atom is -0.396 e. The summed E-state index contributed by atoms with van der Waals surface area (Å²) in [5.74, 6) is 0. The zero-order chi connectivity index (χ0) is 14.4. The summed E-state index contributed by atoms with van der Waals surface area (Å²) < 4.78 is 15.9. The summed E-state index contributed by atoms with van der Waals surface area (Å²) in [6, 6.07) is 0. The van der Waals surface area contributed by atoms with E-state index >= 15 is 0 Å². The Morgan fingerprint density at radius 1 is 0.579 bits per heavy atom. The Labute approximate surface area is 113 Å². The van der Waals surface area contributed by atoms with Crippen LogP contribution in [0.25, 0.3) is 0 Å². The summed E-state index contributed by atoms with van der Waals surface area (Å²) in [5.41, 5.74) is -0.547. The maximum absolute atomic E-state index is 9.16. The smallest absolute Gasteiger partial charge is 0.0698 e. The van der Waals surface area contributed by atoms with Gasteiger partial charge in [0.05, 0.1) is 59.5 Å². The molecule has 7 nitrogen and oxygen atoms in total. The summed E-state index contributed by atoms with van der Waals surface area (Å²) in [6.07, 6.45) is 0.412. The van der Waals surface area contributed by atoms with Crippen LogP contribution in [0.1, 0.15) is 6.42 Å². The number of rotatable bonds is 14. The highest BCUT2D eigenvalue weighted by Gasteiger charge is 2.31. The number of hydrogen-bond acceptors (Lipinski definition) is 7. The largest absolute Gasteiger partial charge is 0.396 e. The fraction of sp³-hybridized carbons (Fsp3) is 1.00. The van der Waals surface area contributed by atoms with Crippen LogP contribution in [0.3, 0.4) is 0 Å². The molecule has 0 saturated heterocycles. The average molecular weight is 282 g/mol. The third kappa shape index (κ3) is 9.28. The van der Waals surface area contributed by atoms with Gasteiger partial charge in [0.25, 0.3) is 0 Å². The van der Waals surface area contributed by atoms with Crippen LogP contribution in [0.5, 0.6) is 0 Å². The molecule has 0 bridgehead atoms. The molecular formula is C12H26O7. The van der Waals surface area contributed by atoms with Crippen molar-refractivity contribution in [2.75, 3.05) is 66.1 Å². The van der Waals surface area contributed by atoms with Crippen LogP contribution < -0.4 is 0 Å². The van der Waals surface area contributed by atoms with Crippen LogP contribution >= 0.6 is 0 Å². The molecule has 0 unspecified atom stereocenters. The molecule has 0 aromatic heterocycles. The highest BCUT2D eigenvalue weighted by molar-refractivity contribution is 4.79. The third-order valence-corrected chi connectivity index (χ3v) is 2.57. The lowest BCUT2D eigenvalue weighted by atomic mass is 9.87. The second-order valence-corrected chi connectivity index (χ2v) is 4.30. The van der Waals surface area contributed by atoms with Crippen LogP contribution in [0, 0.1) is 5.41 Å². The Balaban J connectivity index is 4.37. The van der Waals surface area contributed by atoms with Crippen molar-refractivity contribution < 1.29 is 34.6 Å². The van der Waals surface area contributed by atoms with Gasteiger partial charge in [-0.3, -0.25) is 0 Å². The van der Waals surface area contributed by atoms with E-state index in [0.717, 1.165) is 0 Å². The lowest BCUT2D eigenvalue weighted by Gasteiger charge is -2.32. The molecule has 0 aromatic rings. The number of aliphatic hydroxyl groups excluding tert-OH is 4. The van der Waals surface area contributed by atoms with Gasteiger partial charge >= 0.3 is 0 Å². The van der Waals surface area contributed by atoms with Crippen molar-refractivity contribution in [3.05, 3.63) is 0 Å². The van der Waals surface area contributed by atoms with Crippen LogP contribution in [0.4, 0.5) is 0 Å². The van der Waals surface area contributed by atoms with Gasteiger partial charge in [0.2, 0.25) is 0 Å². The van der Waals surface area contributed by atoms with E-state index in [-0.39, 0.29) is 66.1 Å². The molecule has 0 aromatic carbocycles. The molecule has 4 N–H and O–H groups in total. The van der Waals surface area contributed by atoms with Crippen LogP contribution in [-0.2, 0) is 14.2 Å². The van der Waals surface area contributed by atoms with E-state index in [1.165, 1.54) is 0 Å². The predicted molar refractivity (Wildman–Crippen MR) is 67.9 cm³/mol. The van der Waals surface area contributed by atoms with Crippen LogP contribution in [-0.4, -0.2) is 86.5 Å². The zero-order valence-corrected chi connectivity index (χ0v) is 11.3. The normalized spacial score (nSPS) is 12.0. The second-order valence-electron chi connectivity index (χ2n) is 4.30. The monoisotopic (exact) mass is 282 g/mol. The Morgan fingerprint density at radius 2 is 0.947 bits per heavy atom. The standard InChI is InChI=1S/C12H26O7/c13-2-1-12(9-17-6-3-14,10-18-7-4-15)11-19-8-5-16/h13-16H,1-11H2. The topological polar surface area (TPSA) is 109 Å². The Hall–Kier alpha value is -0.280. The van der Waals surface area contributed by atoms with Crippen LogP contribution in [0.2, 0.25) is 0 Å². The van der Waals surface area contributed by atoms with Crippen molar-refractivity contribution in [3.63, 3.8) is 0 Å². The third-order valence-electron chi connectivity index (χ3n) is 2.57. The molecular weight excluding hydrogens is 256 g/mol. The van der Waals surface area contributed by atoms with Crippen molar-refractivity contribution in [3.8, 4) is 0 Å². The van der Waals surface area contributed by atoms with Gasteiger partial charge in [0.1, 0.15) is 0 Å². The summed E-state index contributed by atoms with van der Waals surface area (Å²) in [6.45, 7) is 1.13. The second kappa shape index (κ2) is 12.7. The number of hydrogen-bond donors (Lipinski definition) is 4. The fourth-order valence-corrected chi connectivity index (χ4v) is 1.64. The first kappa shape index (κ1) is 18.7. The highest BCUT2D eigenvalue weighted by atomic mass is 16.5. The molecule has 0 aliphatic rings. The Bertz CT molecular complexity index is 162. The van der Waals surface area contributed by atoms with E-state index in [1.54, 1.807) is 0 Å². The van der Waals surface area contributed by atoms with E-state index in [1.807, 2.05) is 0 Å². The van der Waals surface area contributed by atoms with Gasteiger partial charge in [-0.25, -0.2) is 0 Å². The fourth-order valence-electron chi connectivity index (χ4n) is 1.64. The van der Waals surface area contributed by atoms with Crippen molar-refractivity contribution in [2.24, 2.45) is 5.41 Å². The average Bonchev–Trinajstić information content (AvgIpc) is 2.40. The van der Waals surface area contributed by atoms with Crippen molar-refractivity contribution in [1.29, 1.82) is 0 Å². The lowest BCUT2D eigenvalue weighted by molar-refractivity contribution is -0.0884. The van der Waals surface area contributed by atoms with Gasteiger partial charge in [-0.15, -0.1) is 0 Å². The van der Waals surface area contributed by atoms with Gasteiger partial charge in [-0.2, -0.15) is 0 Å². The van der Waals surface area contributed by atoms with Crippen molar-refractivity contribution in [2.45, 2.75) is 6.42 Å². The van der Waals surface area contributed by atoms with E-state index < -0.39 is 5.41 Å².